The zero-order chi connectivity index (χ0) is 14.7. The SMILES string of the molecule is CNC(Cc1ccc(F)cc1F)c1cccc(C)c1I. The second kappa shape index (κ2) is 6.63. The van der Waals surface area contributed by atoms with Gasteiger partial charge in [0.2, 0.25) is 0 Å². The van der Waals surface area contributed by atoms with Crippen LogP contribution in [0.1, 0.15) is 22.7 Å². The minimum atomic E-state index is -0.544. The number of rotatable bonds is 4. The molecule has 0 aliphatic heterocycles. The van der Waals surface area contributed by atoms with E-state index >= 15 is 0 Å². The fourth-order valence-electron chi connectivity index (χ4n) is 2.21. The van der Waals surface area contributed by atoms with E-state index in [4.69, 9.17) is 0 Å². The quantitative estimate of drug-likeness (QED) is 0.768. The first-order valence-corrected chi connectivity index (χ1v) is 7.47. The Morgan fingerprint density at radius 1 is 1.20 bits per heavy atom. The van der Waals surface area contributed by atoms with E-state index in [2.05, 4.69) is 40.9 Å². The van der Waals surface area contributed by atoms with Crippen LogP contribution in [0.5, 0.6) is 0 Å². The zero-order valence-electron chi connectivity index (χ0n) is 11.4. The lowest BCUT2D eigenvalue weighted by molar-refractivity contribution is 0.539. The van der Waals surface area contributed by atoms with Crippen LogP contribution >= 0.6 is 22.6 Å². The highest BCUT2D eigenvalue weighted by Gasteiger charge is 2.16. The molecule has 2 aromatic rings. The molecule has 0 saturated carbocycles. The van der Waals surface area contributed by atoms with Gasteiger partial charge < -0.3 is 5.32 Å². The van der Waals surface area contributed by atoms with Crippen molar-refractivity contribution in [1.82, 2.24) is 5.32 Å². The Balaban J connectivity index is 2.31. The average Bonchev–Trinajstić information content (AvgIpc) is 2.42. The fourth-order valence-corrected chi connectivity index (χ4v) is 2.95. The van der Waals surface area contributed by atoms with Gasteiger partial charge in [-0.05, 0) is 65.7 Å². The summed E-state index contributed by atoms with van der Waals surface area (Å²) in [5.74, 6) is -1.04. The molecule has 0 aliphatic carbocycles. The molecule has 4 heteroatoms. The minimum absolute atomic E-state index is 0.00163. The molecule has 1 N–H and O–H groups in total. The third-order valence-electron chi connectivity index (χ3n) is 3.38. The number of benzene rings is 2. The molecule has 0 fully saturated rings. The van der Waals surface area contributed by atoms with Crippen molar-refractivity contribution in [2.24, 2.45) is 0 Å². The average molecular weight is 387 g/mol. The van der Waals surface area contributed by atoms with Crippen LogP contribution in [0.3, 0.4) is 0 Å². The summed E-state index contributed by atoms with van der Waals surface area (Å²) in [6.07, 6.45) is 0.488. The highest BCUT2D eigenvalue weighted by Crippen LogP contribution is 2.26. The molecule has 2 rings (SSSR count). The predicted octanol–water partition coefficient (Wildman–Crippen LogP) is 4.38. The normalized spacial score (nSPS) is 12.4. The molecule has 0 aromatic heterocycles. The van der Waals surface area contributed by atoms with E-state index in [1.807, 2.05) is 19.2 Å². The Bertz CT molecular complexity index is 613. The highest BCUT2D eigenvalue weighted by molar-refractivity contribution is 14.1. The van der Waals surface area contributed by atoms with Crippen LogP contribution < -0.4 is 5.32 Å². The summed E-state index contributed by atoms with van der Waals surface area (Å²) in [7, 11) is 1.85. The van der Waals surface area contributed by atoms with Crippen molar-refractivity contribution < 1.29 is 8.78 Å². The molecule has 0 heterocycles. The molecule has 1 atom stereocenters. The van der Waals surface area contributed by atoms with Gasteiger partial charge in [-0.25, -0.2) is 8.78 Å². The molecule has 0 aliphatic rings. The summed E-state index contributed by atoms with van der Waals surface area (Å²) < 4.78 is 27.9. The van der Waals surface area contributed by atoms with E-state index in [9.17, 15) is 8.78 Å². The van der Waals surface area contributed by atoms with E-state index in [-0.39, 0.29) is 6.04 Å². The number of halogens is 3. The van der Waals surface area contributed by atoms with Gasteiger partial charge in [0.05, 0.1) is 0 Å². The van der Waals surface area contributed by atoms with E-state index in [1.165, 1.54) is 21.3 Å². The first-order chi connectivity index (χ1) is 9.52. The first kappa shape index (κ1) is 15.4. The van der Waals surface area contributed by atoms with Crippen LogP contribution in [0.4, 0.5) is 8.78 Å². The monoisotopic (exact) mass is 387 g/mol. The van der Waals surface area contributed by atoms with E-state index < -0.39 is 11.6 Å². The number of hydrogen-bond donors (Lipinski definition) is 1. The number of likely N-dealkylation sites (N-methyl/N-ethyl adjacent to an activating group) is 1. The maximum Gasteiger partial charge on any atom is 0.129 e. The molecule has 0 radical (unpaired) electrons. The van der Waals surface area contributed by atoms with Crippen molar-refractivity contribution >= 4 is 22.6 Å². The summed E-state index contributed by atoms with van der Waals surface area (Å²) in [5.41, 5.74) is 2.85. The van der Waals surface area contributed by atoms with Crippen molar-refractivity contribution in [1.29, 1.82) is 0 Å². The Hall–Kier alpha value is -1.01. The third kappa shape index (κ3) is 3.35. The standard InChI is InChI=1S/C16H16F2IN/c1-10-4-3-5-13(16(10)19)15(20-2)8-11-6-7-12(17)9-14(11)18/h3-7,9,15,20H,8H2,1-2H3. The predicted molar refractivity (Wildman–Crippen MR) is 85.8 cm³/mol. The maximum atomic E-state index is 13.8. The Kier molecular flexibility index (Phi) is 5.10. The number of hydrogen-bond acceptors (Lipinski definition) is 1. The van der Waals surface area contributed by atoms with Crippen molar-refractivity contribution in [2.75, 3.05) is 7.05 Å². The van der Waals surface area contributed by atoms with E-state index in [0.29, 0.717) is 12.0 Å². The lowest BCUT2D eigenvalue weighted by atomic mass is 9.97. The van der Waals surface area contributed by atoms with Crippen LogP contribution in [0.15, 0.2) is 36.4 Å². The lowest BCUT2D eigenvalue weighted by Crippen LogP contribution is -2.20. The van der Waals surface area contributed by atoms with Crippen LogP contribution in [0, 0.1) is 22.1 Å². The molecule has 1 nitrogen and oxygen atoms in total. The maximum absolute atomic E-state index is 13.8. The molecule has 0 amide bonds. The van der Waals surface area contributed by atoms with Gasteiger partial charge in [0.25, 0.3) is 0 Å². The topological polar surface area (TPSA) is 12.0 Å². The van der Waals surface area contributed by atoms with Crippen LogP contribution in [0.25, 0.3) is 0 Å². The van der Waals surface area contributed by atoms with Crippen molar-refractivity contribution in [3.8, 4) is 0 Å². The summed E-state index contributed by atoms with van der Waals surface area (Å²) in [6, 6.07) is 9.83. The van der Waals surface area contributed by atoms with Gasteiger partial charge in [0.1, 0.15) is 11.6 Å². The molecule has 0 saturated heterocycles. The van der Waals surface area contributed by atoms with Gasteiger partial charge in [-0.1, -0.05) is 24.3 Å². The molecule has 1 unspecified atom stereocenters. The van der Waals surface area contributed by atoms with Gasteiger partial charge in [-0.2, -0.15) is 0 Å². The summed E-state index contributed by atoms with van der Waals surface area (Å²) in [6.45, 7) is 2.05. The number of nitrogens with one attached hydrogen (secondary N) is 1. The smallest absolute Gasteiger partial charge is 0.129 e. The summed E-state index contributed by atoms with van der Waals surface area (Å²) >= 11 is 2.31. The van der Waals surface area contributed by atoms with Gasteiger partial charge in [-0.3, -0.25) is 0 Å². The zero-order valence-corrected chi connectivity index (χ0v) is 13.5. The second-order valence-corrected chi connectivity index (χ2v) is 5.84. The van der Waals surface area contributed by atoms with Gasteiger partial charge in [0, 0.05) is 15.7 Å². The molecular formula is C16H16F2IN. The molecule has 2 aromatic carbocycles. The largest absolute Gasteiger partial charge is 0.313 e. The van der Waals surface area contributed by atoms with Gasteiger partial charge in [-0.15, -0.1) is 0 Å². The fraction of sp³-hybridized carbons (Fsp3) is 0.250. The Morgan fingerprint density at radius 2 is 1.95 bits per heavy atom. The number of aryl methyl sites for hydroxylation is 1. The van der Waals surface area contributed by atoms with Crippen molar-refractivity contribution in [3.63, 3.8) is 0 Å². The molecular weight excluding hydrogens is 371 g/mol. The highest BCUT2D eigenvalue weighted by atomic mass is 127. The molecule has 0 bridgehead atoms. The third-order valence-corrected chi connectivity index (χ3v) is 4.86. The van der Waals surface area contributed by atoms with Crippen molar-refractivity contribution in [3.05, 3.63) is 68.3 Å². The van der Waals surface area contributed by atoms with Crippen molar-refractivity contribution in [2.45, 2.75) is 19.4 Å². The Morgan fingerprint density at radius 3 is 2.60 bits per heavy atom. The van der Waals surface area contributed by atoms with Gasteiger partial charge in [0.15, 0.2) is 0 Å². The second-order valence-electron chi connectivity index (χ2n) is 4.76. The molecule has 106 valence electrons. The molecule has 20 heavy (non-hydrogen) atoms. The van der Waals surface area contributed by atoms with Crippen LogP contribution in [-0.2, 0) is 6.42 Å². The van der Waals surface area contributed by atoms with Crippen LogP contribution in [-0.4, -0.2) is 7.05 Å². The van der Waals surface area contributed by atoms with E-state index in [0.717, 1.165) is 11.6 Å². The van der Waals surface area contributed by atoms with E-state index in [1.54, 1.807) is 0 Å². The summed E-state index contributed by atoms with van der Waals surface area (Å²) in [5, 5.41) is 3.21. The lowest BCUT2D eigenvalue weighted by Gasteiger charge is -2.19. The first-order valence-electron chi connectivity index (χ1n) is 6.39. The summed E-state index contributed by atoms with van der Waals surface area (Å²) in [4.78, 5) is 0. The van der Waals surface area contributed by atoms with Crippen LogP contribution in [0.2, 0.25) is 0 Å². The van der Waals surface area contributed by atoms with Gasteiger partial charge >= 0.3 is 0 Å². The molecule has 0 spiro atoms. The minimum Gasteiger partial charge on any atom is -0.313 e. The Labute approximate surface area is 131 Å².